The average molecular weight is 388 g/mol. The number of rotatable bonds is 4. The van der Waals surface area contributed by atoms with Crippen molar-refractivity contribution in [1.29, 1.82) is 0 Å². The molecule has 0 saturated heterocycles. The molecule has 134 valence electrons. The van der Waals surface area contributed by atoms with Gasteiger partial charge in [0.2, 0.25) is 0 Å². The third-order valence-corrected chi connectivity index (χ3v) is 7.31. The molecule has 26 heavy (non-hydrogen) atoms. The van der Waals surface area contributed by atoms with Gasteiger partial charge in [-0.15, -0.1) is 11.8 Å². The zero-order chi connectivity index (χ0) is 18.3. The normalized spacial score (nSPS) is 19.6. The Bertz CT molecular complexity index is 1040. The van der Waals surface area contributed by atoms with Gasteiger partial charge >= 0.3 is 5.97 Å². The van der Waals surface area contributed by atoms with E-state index in [0.717, 1.165) is 21.9 Å². The van der Waals surface area contributed by atoms with Crippen molar-refractivity contribution >= 4 is 38.9 Å². The lowest BCUT2D eigenvalue weighted by molar-refractivity contribution is -0.137. The molecule has 1 atom stereocenters. The molecule has 0 saturated carbocycles. The summed E-state index contributed by atoms with van der Waals surface area (Å²) in [6, 6.07) is 9.45. The van der Waals surface area contributed by atoms with Gasteiger partial charge in [-0.25, -0.2) is 17.2 Å². The lowest BCUT2D eigenvalue weighted by Gasteiger charge is -2.17. The van der Waals surface area contributed by atoms with Crippen molar-refractivity contribution in [3.05, 3.63) is 59.4 Å². The number of benzene rings is 1. The van der Waals surface area contributed by atoms with Gasteiger partial charge in [-0.05, 0) is 48.3 Å². The molecule has 0 bridgehead atoms. The van der Waals surface area contributed by atoms with Crippen LogP contribution in [-0.2, 0) is 21.2 Å². The molecule has 6 nitrogen and oxygen atoms in total. The average Bonchev–Trinajstić information content (AvgIpc) is 3.29. The largest absolute Gasteiger partial charge is 0.480 e. The number of carboxylic acids is 1. The summed E-state index contributed by atoms with van der Waals surface area (Å²) in [6.07, 6.45) is 4.71. The molecule has 2 aromatic rings. The van der Waals surface area contributed by atoms with Crippen molar-refractivity contribution in [2.24, 2.45) is 4.99 Å². The van der Waals surface area contributed by atoms with Gasteiger partial charge in [-0.2, -0.15) is 0 Å². The fourth-order valence-electron chi connectivity index (χ4n) is 3.14. The zero-order valence-corrected chi connectivity index (χ0v) is 15.3. The minimum absolute atomic E-state index is 0.258. The van der Waals surface area contributed by atoms with Crippen molar-refractivity contribution < 1.29 is 18.3 Å². The molecular formula is C18H16N2O4S2. The summed E-state index contributed by atoms with van der Waals surface area (Å²) in [4.78, 5) is 15.6. The Hall–Kier alpha value is -2.32. The van der Waals surface area contributed by atoms with Gasteiger partial charge < -0.3 is 5.11 Å². The molecule has 1 aromatic heterocycles. The Morgan fingerprint density at radius 3 is 2.65 bits per heavy atom. The highest BCUT2D eigenvalue weighted by Crippen LogP contribution is 2.33. The molecule has 0 radical (unpaired) electrons. The minimum atomic E-state index is -3.62. The Balaban J connectivity index is 1.69. The fraction of sp³-hybridized carbons (Fsp3) is 0.222. The van der Waals surface area contributed by atoms with Crippen LogP contribution in [0.3, 0.4) is 0 Å². The molecule has 0 spiro atoms. The highest BCUT2D eigenvalue weighted by atomic mass is 32.2. The second-order valence-corrected chi connectivity index (χ2v) is 8.92. The van der Waals surface area contributed by atoms with E-state index in [-0.39, 0.29) is 4.90 Å². The van der Waals surface area contributed by atoms with Gasteiger partial charge in [0.1, 0.15) is 0 Å². The van der Waals surface area contributed by atoms with E-state index in [1.165, 1.54) is 15.7 Å². The molecule has 1 aliphatic heterocycles. The zero-order valence-electron chi connectivity index (χ0n) is 13.7. The second kappa shape index (κ2) is 6.44. The Morgan fingerprint density at radius 2 is 1.96 bits per heavy atom. The van der Waals surface area contributed by atoms with Crippen LogP contribution in [0.4, 0.5) is 0 Å². The Kier molecular flexibility index (Phi) is 4.24. The van der Waals surface area contributed by atoms with E-state index < -0.39 is 22.0 Å². The summed E-state index contributed by atoms with van der Waals surface area (Å²) >= 11 is 1.45. The van der Waals surface area contributed by atoms with Crippen LogP contribution in [-0.4, -0.2) is 40.3 Å². The van der Waals surface area contributed by atoms with Gasteiger partial charge in [-0.1, -0.05) is 18.2 Å². The first-order chi connectivity index (χ1) is 12.5. The van der Waals surface area contributed by atoms with E-state index in [4.69, 9.17) is 5.11 Å². The van der Waals surface area contributed by atoms with E-state index in [0.29, 0.717) is 18.6 Å². The highest BCUT2D eigenvalue weighted by molar-refractivity contribution is 8.14. The summed E-state index contributed by atoms with van der Waals surface area (Å²) in [6.45, 7) is 0. The maximum absolute atomic E-state index is 12.9. The number of hydrogen-bond donors (Lipinski definition) is 1. The number of carboxylic acid groups (broad SMARTS) is 1. The van der Waals surface area contributed by atoms with Crippen molar-refractivity contribution in [2.75, 3.05) is 5.75 Å². The molecule has 2 aliphatic rings. The van der Waals surface area contributed by atoms with Crippen molar-refractivity contribution in [3.8, 4) is 0 Å². The third-order valence-electron chi connectivity index (χ3n) is 4.46. The number of fused-ring (bicyclic) bond motifs is 1. The van der Waals surface area contributed by atoms with Crippen LogP contribution in [0.25, 0.3) is 6.08 Å². The molecule has 1 aliphatic carbocycles. The lowest BCUT2D eigenvalue weighted by Crippen LogP contribution is -2.17. The quantitative estimate of drug-likeness (QED) is 0.870. The summed E-state index contributed by atoms with van der Waals surface area (Å²) < 4.78 is 27.1. The van der Waals surface area contributed by atoms with Crippen molar-refractivity contribution in [3.63, 3.8) is 0 Å². The molecule has 0 unspecified atom stereocenters. The van der Waals surface area contributed by atoms with Gasteiger partial charge in [0.05, 0.1) is 9.94 Å². The summed E-state index contributed by atoms with van der Waals surface area (Å²) in [7, 11) is -3.62. The lowest BCUT2D eigenvalue weighted by atomic mass is 9.98. The molecular weight excluding hydrogens is 372 g/mol. The molecule has 4 rings (SSSR count). The minimum Gasteiger partial charge on any atom is -0.480 e. The first kappa shape index (κ1) is 17.1. The maximum Gasteiger partial charge on any atom is 0.329 e. The number of aliphatic carboxylic acids is 1. The van der Waals surface area contributed by atoms with E-state index in [2.05, 4.69) is 4.99 Å². The number of hydrogen-bond acceptors (Lipinski definition) is 5. The molecule has 1 N–H and O–H groups in total. The molecule has 0 fully saturated rings. The van der Waals surface area contributed by atoms with Crippen LogP contribution in [0.2, 0.25) is 0 Å². The van der Waals surface area contributed by atoms with E-state index >= 15 is 0 Å². The van der Waals surface area contributed by atoms with Crippen LogP contribution in [0.5, 0.6) is 0 Å². The highest BCUT2D eigenvalue weighted by Gasteiger charge is 2.29. The summed E-state index contributed by atoms with van der Waals surface area (Å²) in [5.74, 6) is -0.470. The predicted molar refractivity (Wildman–Crippen MR) is 101 cm³/mol. The SMILES string of the molecule is O=C(O)[C@@H]1CSC(C2=Cc3ccn(S(=O)(=O)c4ccccc4)c3CC2)=N1. The maximum atomic E-state index is 12.9. The number of aliphatic imine (C=N–C) groups is 1. The first-order valence-electron chi connectivity index (χ1n) is 8.12. The molecule has 1 aromatic carbocycles. The predicted octanol–water partition coefficient (Wildman–Crippen LogP) is 2.65. The fourth-order valence-corrected chi connectivity index (χ4v) is 5.65. The van der Waals surface area contributed by atoms with Crippen LogP contribution in [0.15, 0.2) is 58.1 Å². The second-order valence-electron chi connectivity index (χ2n) is 6.10. The summed E-state index contributed by atoms with van der Waals surface area (Å²) in [5.41, 5.74) is 2.56. The van der Waals surface area contributed by atoms with E-state index in [1.807, 2.05) is 6.08 Å². The molecule has 8 heteroatoms. The van der Waals surface area contributed by atoms with E-state index in [1.54, 1.807) is 42.6 Å². The van der Waals surface area contributed by atoms with Crippen molar-refractivity contribution in [1.82, 2.24) is 3.97 Å². The van der Waals surface area contributed by atoms with Crippen LogP contribution in [0.1, 0.15) is 17.7 Å². The Labute approximate surface area is 155 Å². The topological polar surface area (TPSA) is 88.7 Å². The van der Waals surface area contributed by atoms with Gasteiger partial charge in [0.15, 0.2) is 6.04 Å². The van der Waals surface area contributed by atoms with Crippen LogP contribution < -0.4 is 0 Å². The number of thioether (sulfide) groups is 1. The van der Waals surface area contributed by atoms with Crippen molar-refractivity contribution in [2.45, 2.75) is 23.8 Å². The Morgan fingerprint density at radius 1 is 1.19 bits per heavy atom. The van der Waals surface area contributed by atoms with Gasteiger partial charge in [0.25, 0.3) is 10.0 Å². The van der Waals surface area contributed by atoms with Crippen LogP contribution in [0, 0.1) is 0 Å². The number of nitrogens with zero attached hydrogens (tertiary/aromatic N) is 2. The third kappa shape index (κ3) is 2.89. The van der Waals surface area contributed by atoms with E-state index in [9.17, 15) is 13.2 Å². The summed E-state index contributed by atoms with van der Waals surface area (Å²) in [5, 5.41) is 9.83. The number of carbonyl (C=O) groups is 1. The standard InChI is InChI=1S/C18H16N2O4S2/c21-18(22)15-11-25-17(19-15)13-6-7-16-12(10-13)8-9-20(16)26(23,24)14-4-2-1-3-5-14/h1-5,8-10,15H,6-7,11H2,(H,21,22)/t15-/m0/s1. The van der Waals surface area contributed by atoms with Crippen LogP contribution >= 0.6 is 11.8 Å². The smallest absolute Gasteiger partial charge is 0.329 e. The molecule has 0 amide bonds. The molecule has 2 heterocycles. The van der Waals surface area contributed by atoms with Gasteiger partial charge in [0, 0.05) is 17.6 Å². The van der Waals surface area contributed by atoms with Gasteiger partial charge in [-0.3, -0.25) is 4.99 Å². The monoisotopic (exact) mass is 388 g/mol. The first-order valence-corrected chi connectivity index (χ1v) is 10.5. The number of aromatic nitrogens is 1.